The molecule has 7 nitrogen and oxygen atoms in total. The summed E-state index contributed by atoms with van der Waals surface area (Å²) in [5.74, 6) is 1.79. The van der Waals surface area contributed by atoms with Gasteiger partial charge in [0, 0.05) is 31.7 Å². The molecular formula is C21H22N2O5. The highest BCUT2D eigenvalue weighted by Crippen LogP contribution is 2.32. The fraction of sp³-hybridized carbons (Fsp3) is 0.333. The Bertz CT molecular complexity index is 855. The van der Waals surface area contributed by atoms with Crippen molar-refractivity contribution in [3.05, 3.63) is 54.1 Å². The first-order chi connectivity index (χ1) is 13.7. The van der Waals surface area contributed by atoms with Gasteiger partial charge in [-0.05, 0) is 36.8 Å². The van der Waals surface area contributed by atoms with Crippen molar-refractivity contribution in [2.45, 2.75) is 6.42 Å². The Morgan fingerprint density at radius 2 is 1.64 bits per heavy atom. The number of nitrogens with zero attached hydrogens (tertiary/aromatic N) is 2. The summed E-state index contributed by atoms with van der Waals surface area (Å²) in [4.78, 5) is 28.8. The number of fused-ring (bicyclic) bond motifs is 1. The first kappa shape index (κ1) is 18.2. The van der Waals surface area contributed by atoms with Crippen LogP contribution in [0.5, 0.6) is 17.2 Å². The van der Waals surface area contributed by atoms with Crippen molar-refractivity contribution in [2.24, 2.45) is 0 Å². The fourth-order valence-corrected chi connectivity index (χ4v) is 3.34. The summed E-state index contributed by atoms with van der Waals surface area (Å²) >= 11 is 0. The largest absolute Gasteiger partial charge is 0.484 e. The molecule has 2 aliphatic heterocycles. The Morgan fingerprint density at radius 3 is 2.50 bits per heavy atom. The highest BCUT2D eigenvalue weighted by atomic mass is 16.7. The van der Waals surface area contributed by atoms with Gasteiger partial charge < -0.3 is 24.0 Å². The van der Waals surface area contributed by atoms with Crippen LogP contribution in [0.2, 0.25) is 0 Å². The highest BCUT2D eigenvalue weighted by molar-refractivity contribution is 5.95. The molecule has 0 aromatic heterocycles. The number of para-hydroxylation sites is 1. The average molecular weight is 382 g/mol. The number of hydrogen-bond donors (Lipinski definition) is 0. The monoisotopic (exact) mass is 382 g/mol. The zero-order valence-electron chi connectivity index (χ0n) is 15.5. The van der Waals surface area contributed by atoms with E-state index >= 15 is 0 Å². The molecule has 1 fully saturated rings. The van der Waals surface area contributed by atoms with Gasteiger partial charge in [0.05, 0.1) is 0 Å². The molecule has 2 aromatic carbocycles. The summed E-state index contributed by atoms with van der Waals surface area (Å²) in [7, 11) is 0. The molecule has 4 rings (SSSR count). The third kappa shape index (κ3) is 4.03. The van der Waals surface area contributed by atoms with Crippen molar-refractivity contribution in [1.82, 2.24) is 9.80 Å². The number of benzene rings is 2. The van der Waals surface area contributed by atoms with Crippen molar-refractivity contribution < 1.29 is 23.8 Å². The van der Waals surface area contributed by atoms with Gasteiger partial charge in [0.15, 0.2) is 18.1 Å². The number of carbonyl (C=O) groups excluding carboxylic acids is 2. The molecule has 1 saturated heterocycles. The molecule has 146 valence electrons. The lowest BCUT2D eigenvalue weighted by Gasteiger charge is -2.22. The van der Waals surface area contributed by atoms with Crippen LogP contribution >= 0.6 is 0 Å². The minimum Gasteiger partial charge on any atom is -0.484 e. The second-order valence-electron chi connectivity index (χ2n) is 6.70. The van der Waals surface area contributed by atoms with E-state index in [-0.39, 0.29) is 25.2 Å². The van der Waals surface area contributed by atoms with Crippen LogP contribution in [-0.2, 0) is 4.79 Å². The Labute approximate surface area is 163 Å². The first-order valence-electron chi connectivity index (χ1n) is 9.35. The smallest absolute Gasteiger partial charge is 0.260 e. The predicted molar refractivity (Wildman–Crippen MR) is 102 cm³/mol. The molecule has 0 N–H and O–H groups in total. The van der Waals surface area contributed by atoms with Gasteiger partial charge in [-0.25, -0.2) is 0 Å². The Balaban J connectivity index is 1.33. The summed E-state index contributed by atoms with van der Waals surface area (Å²) in [6.45, 7) is 2.38. The second-order valence-corrected chi connectivity index (χ2v) is 6.70. The van der Waals surface area contributed by atoms with Gasteiger partial charge in [0.1, 0.15) is 5.75 Å². The Kier molecular flexibility index (Phi) is 5.32. The van der Waals surface area contributed by atoms with Gasteiger partial charge in [0.25, 0.3) is 11.8 Å². The minimum absolute atomic E-state index is 0.000120. The van der Waals surface area contributed by atoms with Crippen LogP contribution in [0.4, 0.5) is 0 Å². The molecule has 7 heteroatoms. The van der Waals surface area contributed by atoms with E-state index in [0.29, 0.717) is 49.0 Å². The molecule has 2 aromatic rings. The molecule has 0 spiro atoms. The molecule has 2 amide bonds. The van der Waals surface area contributed by atoms with Gasteiger partial charge in [-0.3, -0.25) is 9.59 Å². The van der Waals surface area contributed by atoms with Crippen LogP contribution < -0.4 is 14.2 Å². The number of hydrogen-bond acceptors (Lipinski definition) is 5. The Morgan fingerprint density at radius 1 is 0.893 bits per heavy atom. The maximum Gasteiger partial charge on any atom is 0.260 e. The SMILES string of the molecule is O=C(COc1ccccc1)N1CCCN(C(=O)c2ccc3c(c2)OCO3)CC1. The predicted octanol–water partition coefficient (Wildman–Crippen LogP) is 2.17. The third-order valence-electron chi connectivity index (χ3n) is 4.86. The van der Waals surface area contributed by atoms with Gasteiger partial charge >= 0.3 is 0 Å². The van der Waals surface area contributed by atoms with Gasteiger partial charge in [-0.15, -0.1) is 0 Å². The number of rotatable bonds is 4. The zero-order chi connectivity index (χ0) is 19.3. The lowest BCUT2D eigenvalue weighted by Crippen LogP contribution is -2.39. The standard InChI is InChI=1S/C21H22N2O5/c24-20(14-26-17-5-2-1-3-6-17)22-9-4-10-23(12-11-22)21(25)16-7-8-18-19(13-16)28-15-27-18/h1-3,5-8,13H,4,9-12,14-15H2. The van der Waals surface area contributed by atoms with Gasteiger partial charge in [-0.2, -0.15) is 0 Å². The molecule has 28 heavy (non-hydrogen) atoms. The van der Waals surface area contributed by atoms with E-state index in [1.807, 2.05) is 30.3 Å². The molecule has 2 aliphatic rings. The van der Waals surface area contributed by atoms with Crippen LogP contribution in [0.15, 0.2) is 48.5 Å². The summed E-state index contributed by atoms with van der Waals surface area (Å²) < 4.78 is 16.2. The first-order valence-corrected chi connectivity index (χ1v) is 9.35. The van der Waals surface area contributed by atoms with Crippen molar-refractivity contribution >= 4 is 11.8 Å². The summed E-state index contributed by atoms with van der Waals surface area (Å²) in [6, 6.07) is 14.5. The fourth-order valence-electron chi connectivity index (χ4n) is 3.34. The lowest BCUT2D eigenvalue weighted by atomic mass is 10.1. The Hall–Kier alpha value is -3.22. The highest BCUT2D eigenvalue weighted by Gasteiger charge is 2.24. The summed E-state index contributed by atoms with van der Waals surface area (Å²) in [6.07, 6.45) is 0.730. The summed E-state index contributed by atoms with van der Waals surface area (Å²) in [5, 5.41) is 0. The minimum atomic E-state index is -0.0683. The molecular weight excluding hydrogens is 360 g/mol. The van der Waals surface area contributed by atoms with Crippen LogP contribution in [0.1, 0.15) is 16.8 Å². The molecule has 0 unspecified atom stereocenters. The van der Waals surface area contributed by atoms with Gasteiger partial charge in [0.2, 0.25) is 6.79 Å². The normalized spacial score (nSPS) is 15.9. The lowest BCUT2D eigenvalue weighted by molar-refractivity contribution is -0.133. The van der Waals surface area contributed by atoms with Crippen molar-refractivity contribution in [2.75, 3.05) is 39.6 Å². The van der Waals surface area contributed by atoms with E-state index in [2.05, 4.69) is 0 Å². The van der Waals surface area contributed by atoms with Crippen LogP contribution in [-0.4, -0.2) is 61.2 Å². The molecule has 0 bridgehead atoms. The maximum atomic E-state index is 12.8. The maximum absolute atomic E-state index is 12.8. The van der Waals surface area contributed by atoms with Crippen molar-refractivity contribution in [1.29, 1.82) is 0 Å². The average Bonchev–Trinajstić information content (AvgIpc) is 3.07. The molecule has 0 atom stereocenters. The van der Waals surface area contributed by atoms with Crippen LogP contribution in [0.25, 0.3) is 0 Å². The molecule has 0 aliphatic carbocycles. The molecule has 2 heterocycles. The van der Waals surface area contributed by atoms with Gasteiger partial charge in [-0.1, -0.05) is 18.2 Å². The quantitative estimate of drug-likeness (QED) is 0.811. The van der Waals surface area contributed by atoms with Crippen molar-refractivity contribution in [3.63, 3.8) is 0 Å². The number of carbonyl (C=O) groups is 2. The number of amides is 2. The van der Waals surface area contributed by atoms with Crippen LogP contribution in [0.3, 0.4) is 0 Å². The zero-order valence-corrected chi connectivity index (χ0v) is 15.5. The molecule has 0 radical (unpaired) electrons. The third-order valence-corrected chi connectivity index (χ3v) is 4.86. The van der Waals surface area contributed by atoms with Crippen molar-refractivity contribution in [3.8, 4) is 17.2 Å². The second kappa shape index (κ2) is 8.21. The number of ether oxygens (including phenoxy) is 3. The van der Waals surface area contributed by atoms with E-state index in [0.717, 1.165) is 6.42 Å². The van der Waals surface area contributed by atoms with E-state index in [4.69, 9.17) is 14.2 Å². The topological polar surface area (TPSA) is 68.3 Å². The van der Waals surface area contributed by atoms with E-state index in [9.17, 15) is 9.59 Å². The summed E-state index contributed by atoms with van der Waals surface area (Å²) in [5.41, 5.74) is 0.566. The van der Waals surface area contributed by atoms with Crippen LogP contribution in [0, 0.1) is 0 Å². The van der Waals surface area contributed by atoms with E-state index < -0.39 is 0 Å². The van der Waals surface area contributed by atoms with E-state index in [1.165, 1.54) is 0 Å². The molecule has 0 saturated carbocycles. The van der Waals surface area contributed by atoms with E-state index in [1.54, 1.807) is 28.0 Å².